The molecule has 3 heterocycles. The number of hydrogen-bond acceptors (Lipinski definition) is 6. The summed E-state index contributed by atoms with van der Waals surface area (Å²) in [5.41, 5.74) is -0.342. The fourth-order valence-corrected chi connectivity index (χ4v) is 3.43. The summed E-state index contributed by atoms with van der Waals surface area (Å²) in [6, 6.07) is 9.68. The van der Waals surface area contributed by atoms with Crippen LogP contribution in [0, 0.1) is 11.6 Å². The van der Waals surface area contributed by atoms with E-state index in [9.17, 15) is 18.4 Å². The first kappa shape index (κ1) is 21.5. The minimum atomic E-state index is -1.03. The number of halogens is 2. The normalized spacial score (nSPS) is 13.4. The second kappa shape index (κ2) is 8.91. The Morgan fingerprint density at radius 1 is 1.09 bits per heavy atom. The monoisotopic (exact) mass is 464 g/mol. The Kier molecular flexibility index (Phi) is 5.64. The Morgan fingerprint density at radius 2 is 1.88 bits per heavy atom. The minimum Gasteiger partial charge on any atom is -0.488 e. The lowest BCUT2D eigenvalue weighted by molar-refractivity contribution is 0.102. The molecular weight excluding hydrogens is 446 g/mol. The van der Waals surface area contributed by atoms with Crippen molar-refractivity contribution in [2.45, 2.75) is 6.10 Å². The van der Waals surface area contributed by atoms with Crippen molar-refractivity contribution in [1.82, 2.24) is 15.3 Å². The van der Waals surface area contributed by atoms with Gasteiger partial charge in [-0.05, 0) is 18.2 Å². The summed E-state index contributed by atoms with van der Waals surface area (Å²) in [6.45, 7) is 1.54. The second-order valence-corrected chi connectivity index (χ2v) is 7.63. The van der Waals surface area contributed by atoms with E-state index < -0.39 is 28.7 Å². The molecule has 0 radical (unpaired) electrons. The average Bonchev–Trinajstić information content (AvgIpc) is 2.79. The van der Waals surface area contributed by atoms with E-state index in [4.69, 9.17) is 9.47 Å². The molecule has 4 aromatic rings. The van der Waals surface area contributed by atoms with Gasteiger partial charge in [-0.2, -0.15) is 0 Å². The number of carbonyl (C=O) groups is 1. The molecule has 0 aliphatic carbocycles. The molecule has 34 heavy (non-hydrogen) atoms. The number of ether oxygens (including phenoxy) is 2. The van der Waals surface area contributed by atoms with Crippen LogP contribution in [0.3, 0.4) is 0 Å². The second-order valence-electron chi connectivity index (χ2n) is 7.63. The topological polar surface area (TPSA) is 105 Å². The molecule has 1 amide bonds. The number of carbonyl (C=O) groups excluding carboxylic acids is 1. The highest BCUT2D eigenvalue weighted by Gasteiger charge is 2.20. The van der Waals surface area contributed by atoms with Crippen LogP contribution in [0.2, 0.25) is 0 Å². The molecule has 0 atom stereocenters. The number of nitrogens with zero attached hydrogens (tertiary/aromatic N) is 1. The fourth-order valence-electron chi connectivity index (χ4n) is 3.43. The van der Waals surface area contributed by atoms with Crippen LogP contribution in [-0.2, 0) is 0 Å². The summed E-state index contributed by atoms with van der Waals surface area (Å²) in [4.78, 5) is 30.9. The third-order valence-corrected chi connectivity index (χ3v) is 5.26. The Bertz CT molecular complexity index is 1430. The highest BCUT2D eigenvalue weighted by molar-refractivity contribution is 6.04. The first-order chi connectivity index (χ1) is 16.5. The number of hydrogen-bond donors (Lipinski definition) is 3. The number of benzene rings is 2. The molecule has 1 saturated heterocycles. The number of nitrogens with one attached hydrogen (secondary N) is 3. The highest BCUT2D eigenvalue weighted by atomic mass is 19.1. The Labute approximate surface area is 191 Å². The van der Waals surface area contributed by atoms with Crippen LogP contribution in [0.25, 0.3) is 10.9 Å². The maximum atomic E-state index is 14.8. The summed E-state index contributed by atoms with van der Waals surface area (Å²) < 4.78 is 40.9. The van der Waals surface area contributed by atoms with Crippen molar-refractivity contribution in [3.8, 4) is 17.2 Å². The van der Waals surface area contributed by atoms with Gasteiger partial charge in [-0.1, -0.05) is 0 Å². The van der Waals surface area contributed by atoms with E-state index in [2.05, 4.69) is 20.6 Å². The van der Waals surface area contributed by atoms with E-state index in [1.54, 1.807) is 18.2 Å². The zero-order valence-electron chi connectivity index (χ0n) is 17.6. The number of aromatic amines is 1. The van der Waals surface area contributed by atoms with Gasteiger partial charge in [-0.15, -0.1) is 0 Å². The standard InChI is InChI=1S/C24H18F2N4O4/c25-18-7-13(30-24(32)17-12-27-5-3-21(17)31)8-19(26)23(18)34-22-4-6-29-20-9-14(1-2-16(20)22)33-15-10-28-11-15/h1-9,12,15,28H,10-11H2,(H,27,31)(H,30,32). The molecule has 5 rings (SSSR count). The SMILES string of the molecule is O=C(Nc1cc(F)c(Oc2ccnc3cc(OC4CNC4)ccc23)c(F)c1)c1c[nH]ccc1=O. The number of amides is 1. The lowest BCUT2D eigenvalue weighted by Crippen LogP contribution is -2.50. The van der Waals surface area contributed by atoms with Crippen LogP contribution < -0.4 is 25.5 Å². The minimum absolute atomic E-state index is 0.0966. The molecule has 10 heteroatoms. The zero-order chi connectivity index (χ0) is 23.7. The summed E-state index contributed by atoms with van der Waals surface area (Å²) in [7, 11) is 0. The van der Waals surface area contributed by atoms with Crippen LogP contribution in [0.15, 0.2) is 65.8 Å². The molecule has 172 valence electrons. The predicted octanol–water partition coefficient (Wildman–Crippen LogP) is 3.60. The molecule has 0 unspecified atom stereocenters. The first-order valence-corrected chi connectivity index (χ1v) is 10.4. The highest BCUT2D eigenvalue weighted by Crippen LogP contribution is 2.35. The number of rotatable bonds is 6. The Balaban J connectivity index is 1.38. The maximum Gasteiger partial charge on any atom is 0.261 e. The summed E-state index contributed by atoms with van der Waals surface area (Å²) in [5, 5.41) is 5.97. The number of pyridine rings is 2. The molecule has 3 N–H and O–H groups in total. The van der Waals surface area contributed by atoms with E-state index in [0.29, 0.717) is 16.7 Å². The van der Waals surface area contributed by atoms with Crippen molar-refractivity contribution in [3.05, 3.63) is 88.5 Å². The van der Waals surface area contributed by atoms with E-state index >= 15 is 0 Å². The van der Waals surface area contributed by atoms with Crippen LogP contribution >= 0.6 is 0 Å². The molecule has 8 nitrogen and oxygen atoms in total. The number of aromatic nitrogens is 2. The lowest BCUT2D eigenvalue weighted by atomic mass is 10.2. The fraction of sp³-hybridized carbons (Fsp3) is 0.125. The van der Waals surface area contributed by atoms with Gasteiger partial charge in [0.25, 0.3) is 5.91 Å². The van der Waals surface area contributed by atoms with Crippen molar-refractivity contribution < 1.29 is 23.0 Å². The van der Waals surface area contributed by atoms with Gasteiger partial charge in [0.15, 0.2) is 22.8 Å². The van der Waals surface area contributed by atoms with Crippen LogP contribution in [0.5, 0.6) is 17.2 Å². The van der Waals surface area contributed by atoms with Crippen LogP contribution in [0.4, 0.5) is 14.5 Å². The van der Waals surface area contributed by atoms with Crippen molar-refractivity contribution in [3.63, 3.8) is 0 Å². The van der Waals surface area contributed by atoms with Crippen molar-refractivity contribution in [1.29, 1.82) is 0 Å². The summed E-state index contributed by atoms with van der Waals surface area (Å²) in [5.74, 6) is -2.65. The molecule has 0 saturated carbocycles. The average molecular weight is 464 g/mol. The van der Waals surface area contributed by atoms with Gasteiger partial charge < -0.3 is 25.1 Å². The zero-order valence-corrected chi connectivity index (χ0v) is 17.6. The summed E-state index contributed by atoms with van der Waals surface area (Å²) >= 11 is 0. The lowest BCUT2D eigenvalue weighted by Gasteiger charge is -2.27. The van der Waals surface area contributed by atoms with E-state index in [-0.39, 0.29) is 23.1 Å². The van der Waals surface area contributed by atoms with Gasteiger partial charge in [0.2, 0.25) is 0 Å². The molecule has 1 fully saturated rings. The van der Waals surface area contributed by atoms with Crippen molar-refractivity contribution in [2.75, 3.05) is 18.4 Å². The molecule has 0 bridgehead atoms. The summed E-state index contributed by atoms with van der Waals surface area (Å²) in [6.07, 6.45) is 4.14. The van der Waals surface area contributed by atoms with Gasteiger partial charge in [-0.25, -0.2) is 8.78 Å². The van der Waals surface area contributed by atoms with Gasteiger partial charge in [0, 0.05) is 67.0 Å². The third-order valence-electron chi connectivity index (χ3n) is 5.26. The van der Waals surface area contributed by atoms with Gasteiger partial charge in [0.1, 0.15) is 23.2 Å². The van der Waals surface area contributed by atoms with E-state index in [1.807, 2.05) is 0 Å². The first-order valence-electron chi connectivity index (χ1n) is 10.4. The number of H-pyrrole nitrogens is 1. The van der Waals surface area contributed by atoms with Gasteiger partial charge in [0.05, 0.1) is 5.52 Å². The smallest absolute Gasteiger partial charge is 0.261 e. The largest absolute Gasteiger partial charge is 0.488 e. The Hall–Kier alpha value is -4.31. The quantitative estimate of drug-likeness (QED) is 0.403. The molecular formula is C24H18F2N4O4. The molecule has 1 aliphatic heterocycles. The molecule has 2 aromatic heterocycles. The molecule has 1 aliphatic rings. The van der Waals surface area contributed by atoms with E-state index in [1.165, 1.54) is 30.7 Å². The third kappa shape index (κ3) is 4.30. The van der Waals surface area contributed by atoms with Crippen LogP contribution in [-0.4, -0.2) is 35.1 Å². The number of anilines is 1. The van der Waals surface area contributed by atoms with E-state index in [0.717, 1.165) is 25.2 Å². The van der Waals surface area contributed by atoms with Crippen LogP contribution in [0.1, 0.15) is 10.4 Å². The molecule has 0 spiro atoms. The predicted molar refractivity (Wildman–Crippen MR) is 120 cm³/mol. The van der Waals surface area contributed by atoms with Gasteiger partial charge in [-0.3, -0.25) is 14.6 Å². The molecule has 2 aromatic carbocycles. The van der Waals surface area contributed by atoms with Gasteiger partial charge >= 0.3 is 0 Å². The van der Waals surface area contributed by atoms with Crippen molar-refractivity contribution >= 4 is 22.5 Å². The maximum absolute atomic E-state index is 14.8. The number of fused-ring (bicyclic) bond motifs is 1. The van der Waals surface area contributed by atoms with Crippen molar-refractivity contribution in [2.24, 2.45) is 0 Å². The Morgan fingerprint density at radius 3 is 2.59 bits per heavy atom.